The molecule has 3 atom stereocenters. The molecule has 0 radical (unpaired) electrons. The van der Waals surface area contributed by atoms with Gasteiger partial charge in [-0.15, -0.1) is 0 Å². The lowest BCUT2D eigenvalue weighted by Crippen LogP contribution is -2.05. The Labute approximate surface area is 192 Å². The van der Waals surface area contributed by atoms with Gasteiger partial charge in [0, 0.05) is 5.75 Å². The lowest BCUT2D eigenvalue weighted by molar-refractivity contribution is 0.253. The number of unbranched alkanes of at least 4 members (excludes halogenated alkanes) is 12. The Morgan fingerprint density at radius 2 is 1.14 bits per heavy atom. The molecule has 29 heavy (non-hydrogen) atoms. The highest BCUT2D eigenvalue weighted by atomic mass is 32.9. The topological polar surface area (TPSA) is 29.5 Å². The highest BCUT2D eigenvalue weighted by molar-refractivity contribution is 8.67. The minimum Gasteiger partial charge on any atom is -0.337 e. The van der Waals surface area contributed by atoms with Crippen LogP contribution >= 0.6 is 17.1 Å². The van der Waals surface area contributed by atoms with Crippen molar-refractivity contribution in [2.45, 2.75) is 130 Å². The van der Waals surface area contributed by atoms with Crippen LogP contribution in [0.4, 0.5) is 0 Å². The molecule has 0 saturated heterocycles. The first-order chi connectivity index (χ1) is 13.9. The van der Waals surface area contributed by atoms with Gasteiger partial charge < -0.3 is 9.42 Å². The molecule has 0 bridgehead atoms. The van der Waals surface area contributed by atoms with Gasteiger partial charge in [0.25, 0.3) is 0 Å². The van der Waals surface area contributed by atoms with Crippen LogP contribution in [0.5, 0.6) is 0 Å². The van der Waals surface area contributed by atoms with Gasteiger partial charge in [-0.25, -0.2) is 0 Å². The fourth-order valence-corrected chi connectivity index (χ4v) is 7.14. The standard InChI is InChI=1S/C24H51O2PS2/c1-5-7-9-11-13-15-17-19-23(3)21-26-27(25,28)29-22-24(4)20-18-16-14-12-10-8-6-2/h23-24H,5-22H2,1-4H3,(H,25,28). The van der Waals surface area contributed by atoms with Gasteiger partial charge in [-0.3, -0.25) is 0 Å². The summed E-state index contributed by atoms with van der Waals surface area (Å²) in [6.45, 7) is 9.65. The molecule has 0 aliphatic carbocycles. The van der Waals surface area contributed by atoms with E-state index < -0.39 is 5.69 Å². The third-order valence-electron chi connectivity index (χ3n) is 5.65. The smallest absolute Gasteiger partial charge is 0.244 e. The molecule has 0 aromatic heterocycles. The molecule has 0 amide bonds. The quantitative estimate of drug-likeness (QED) is 0.127. The molecule has 0 spiro atoms. The van der Waals surface area contributed by atoms with E-state index in [0.29, 0.717) is 18.4 Å². The van der Waals surface area contributed by atoms with E-state index in [1.165, 1.54) is 114 Å². The molecule has 5 heteroatoms. The summed E-state index contributed by atoms with van der Waals surface area (Å²) in [5.74, 6) is 2.03. The fraction of sp³-hybridized carbons (Fsp3) is 1.00. The van der Waals surface area contributed by atoms with Gasteiger partial charge in [-0.2, -0.15) is 0 Å². The molecule has 0 aromatic carbocycles. The predicted octanol–water partition coefficient (Wildman–Crippen LogP) is 9.51. The second-order valence-corrected chi connectivity index (χ2v) is 15.3. The average molecular weight is 467 g/mol. The second kappa shape index (κ2) is 20.8. The first-order valence-corrected chi connectivity index (χ1v) is 16.8. The third kappa shape index (κ3) is 21.9. The van der Waals surface area contributed by atoms with Gasteiger partial charge in [0.1, 0.15) is 0 Å². The monoisotopic (exact) mass is 466 g/mol. The summed E-state index contributed by atoms with van der Waals surface area (Å²) >= 11 is 6.88. The van der Waals surface area contributed by atoms with Gasteiger partial charge in [-0.05, 0) is 36.5 Å². The van der Waals surface area contributed by atoms with Crippen molar-refractivity contribution in [2.75, 3.05) is 12.4 Å². The van der Waals surface area contributed by atoms with E-state index in [4.69, 9.17) is 16.3 Å². The van der Waals surface area contributed by atoms with Crippen molar-refractivity contribution >= 4 is 28.9 Å². The normalized spacial score (nSPS) is 15.9. The molecule has 1 N–H and O–H groups in total. The molecule has 0 rings (SSSR count). The zero-order chi connectivity index (χ0) is 21.8. The summed E-state index contributed by atoms with van der Waals surface area (Å²) in [5.41, 5.74) is -2.67. The molecular formula is C24H51O2PS2. The Morgan fingerprint density at radius 3 is 1.62 bits per heavy atom. The minimum absolute atomic E-state index is 0.492. The summed E-state index contributed by atoms with van der Waals surface area (Å²) < 4.78 is 5.78. The zero-order valence-electron chi connectivity index (χ0n) is 20.0. The van der Waals surface area contributed by atoms with Gasteiger partial charge >= 0.3 is 0 Å². The van der Waals surface area contributed by atoms with Crippen LogP contribution in [0.3, 0.4) is 0 Å². The van der Waals surface area contributed by atoms with Crippen molar-refractivity contribution in [3.63, 3.8) is 0 Å². The zero-order valence-corrected chi connectivity index (χ0v) is 22.5. The maximum absolute atomic E-state index is 10.5. The second-order valence-electron chi connectivity index (χ2n) is 9.09. The van der Waals surface area contributed by atoms with Crippen LogP contribution < -0.4 is 0 Å². The van der Waals surface area contributed by atoms with Crippen LogP contribution in [-0.4, -0.2) is 17.3 Å². The number of hydrogen-bond acceptors (Lipinski definition) is 3. The molecule has 0 aromatic rings. The molecule has 0 saturated carbocycles. The van der Waals surface area contributed by atoms with Gasteiger partial charge in [-0.1, -0.05) is 129 Å². The van der Waals surface area contributed by atoms with E-state index in [0.717, 1.165) is 5.75 Å². The Balaban J connectivity index is 3.66. The summed E-state index contributed by atoms with van der Waals surface area (Å²) in [7, 11) is 0. The lowest BCUT2D eigenvalue weighted by Gasteiger charge is -2.20. The van der Waals surface area contributed by atoms with Crippen molar-refractivity contribution in [3.05, 3.63) is 0 Å². The van der Waals surface area contributed by atoms with E-state index >= 15 is 0 Å². The molecular weight excluding hydrogens is 415 g/mol. The fourth-order valence-electron chi connectivity index (χ4n) is 3.55. The third-order valence-corrected chi connectivity index (χ3v) is 10.2. The van der Waals surface area contributed by atoms with Crippen LogP contribution in [0.15, 0.2) is 0 Å². The molecule has 0 aliphatic rings. The van der Waals surface area contributed by atoms with Crippen molar-refractivity contribution < 1.29 is 9.42 Å². The van der Waals surface area contributed by atoms with Crippen molar-refractivity contribution in [2.24, 2.45) is 11.8 Å². The summed E-state index contributed by atoms with van der Waals surface area (Å²) in [6, 6.07) is 0. The minimum atomic E-state index is -2.67. The van der Waals surface area contributed by atoms with E-state index in [-0.39, 0.29) is 0 Å². The first-order valence-electron chi connectivity index (χ1n) is 12.5. The molecule has 0 heterocycles. The molecule has 2 nitrogen and oxygen atoms in total. The maximum Gasteiger partial charge on any atom is 0.244 e. The molecule has 0 fully saturated rings. The molecule has 0 aliphatic heterocycles. The number of hydrogen-bond donors (Lipinski definition) is 1. The largest absolute Gasteiger partial charge is 0.337 e. The van der Waals surface area contributed by atoms with Crippen molar-refractivity contribution in [3.8, 4) is 0 Å². The van der Waals surface area contributed by atoms with Gasteiger partial charge in [0.15, 0.2) is 0 Å². The Morgan fingerprint density at radius 1 is 0.724 bits per heavy atom. The van der Waals surface area contributed by atoms with E-state index in [9.17, 15) is 4.89 Å². The first kappa shape index (κ1) is 29.9. The Kier molecular flexibility index (Phi) is 21.5. The molecule has 3 unspecified atom stereocenters. The van der Waals surface area contributed by atoms with Crippen molar-refractivity contribution in [1.29, 1.82) is 0 Å². The predicted molar refractivity (Wildman–Crippen MR) is 138 cm³/mol. The SMILES string of the molecule is CCCCCCCCCC(C)COP(O)(=S)SCC(C)CCCCCCCCC. The summed E-state index contributed by atoms with van der Waals surface area (Å²) in [4.78, 5) is 10.5. The number of rotatable bonds is 22. The molecule has 176 valence electrons. The highest BCUT2D eigenvalue weighted by Crippen LogP contribution is 2.57. The van der Waals surface area contributed by atoms with Crippen molar-refractivity contribution in [1.82, 2.24) is 0 Å². The lowest BCUT2D eigenvalue weighted by atomic mass is 10.0. The van der Waals surface area contributed by atoms with Crippen LogP contribution in [0, 0.1) is 11.8 Å². The van der Waals surface area contributed by atoms with Gasteiger partial charge in [0.05, 0.1) is 6.61 Å². The summed E-state index contributed by atoms with van der Waals surface area (Å²) in [6.07, 6.45) is 21.3. The van der Waals surface area contributed by atoms with E-state index in [1.807, 2.05) is 0 Å². The Hall–Kier alpha value is 0.920. The van der Waals surface area contributed by atoms with Gasteiger partial charge in [0.2, 0.25) is 5.69 Å². The maximum atomic E-state index is 10.5. The van der Waals surface area contributed by atoms with Crippen LogP contribution in [0.1, 0.15) is 130 Å². The van der Waals surface area contributed by atoms with Crippen LogP contribution in [0.25, 0.3) is 0 Å². The highest BCUT2D eigenvalue weighted by Gasteiger charge is 2.18. The van der Waals surface area contributed by atoms with E-state index in [2.05, 4.69) is 27.7 Å². The van der Waals surface area contributed by atoms with E-state index in [1.54, 1.807) is 0 Å². The average Bonchev–Trinajstić information content (AvgIpc) is 2.69. The van der Waals surface area contributed by atoms with Crippen LogP contribution in [-0.2, 0) is 16.3 Å². The Bertz CT molecular complexity index is 361. The van der Waals surface area contributed by atoms with Crippen LogP contribution in [0.2, 0.25) is 0 Å². The summed E-state index contributed by atoms with van der Waals surface area (Å²) in [5, 5.41) is 0.